The fraction of sp³-hybridized carbons (Fsp3) is 1.00. The van der Waals surface area contributed by atoms with Crippen molar-refractivity contribution in [3.63, 3.8) is 0 Å². The van der Waals surface area contributed by atoms with E-state index < -0.39 is 0 Å². The molecule has 0 amide bonds. The van der Waals surface area contributed by atoms with Crippen LogP contribution in [0.4, 0.5) is 0 Å². The van der Waals surface area contributed by atoms with E-state index in [1.54, 1.807) is 0 Å². The third kappa shape index (κ3) is 35.8. The van der Waals surface area contributed by atoms with Gasteiger partial charge in [0.15, 0.2) is 0 Å². The van der Waals surface area contributed by atoms with Gasteiger partial charge >= 0.3 is 0 Å². The first-order chi connectivity index (χ1) is 11.8. The van der Waals surface area contributed by atoms with Gasteiger partial charge in [-0.15, -0.1) is 0 Å². The summed E-state index contributed by atoms with van der Waals surface area (Å²) in [4.78, 5) is 0. The maximum Gasteiger partial charge on any atom is -0.00368 e. The SMILES string of the molecule is C.CCCCCCCCCCCNCCCNC.CCCCNCC. The van der Waals surface area contributed by atoms with E-state index in [1.165, 1.54) is 90.1 Å². The highest BCUT2D eigenvalue weighted by molar-refractivity contribution is 4.51. The van der Waals surface area contributed by atoms with Crippen LogP contribution in [0.2, 0.25) is 0 Å². The summed E-state index contributed by atoms with van der Waals surface area (Å²) in [5.41, 5.74) is 0. The van der Waals surface area contributed by atoms with Gasteiger partial charge in [0, 0.05) is 0 Å². The van der Waals surface area contributed by atoms with Crippen LogP contribution in [0.3, 0.4) is 0 Å². The molecule has 0 fully saturated rings. The van der Waals surface area contributed by atoms with Crippen molar-refractivity contribution in [1.29, 1.82) is 0 Å². The van der Waals surface area contributed by atoms with Crippen LogP contribution in [0.1, 0.15) is 105 Å². The molecule has 0 unspecified atom stereocenters. The molecule has 0 aliphatic rings. The second kappa shape index (κ2) is 31.6. The Bertz CT molecular complexity index is 168. The molecule has 0 aliphatic carbocycles. The summed E-state index contributed by atoms with van der Waals surface area (Å²) in [7, 11) is 2.01. The van der Waals surface area contributed by atoms with Crippen LogP contribution in [-0.2, 0) is 0 Å². The Morgan fingerprint density at radius 1 is 0.480 bits per heavy atom. The van der Waals surface area contributed by atoms with Crippen molar-refractivity contribution in [2.24, 2.45) is 0 Å². The Kier molecular flexibility index (Phi) is 37.5. The zero-order chi connectivity index (χ0) is 18.1. The predicted molar refractivity (Wildman–Crippen MR) is 119 cm³/mol. The summed E-state index contributed by atoms with van der Waals surface area (Å²) in [5.74, 6) is 0. The topological polar surface area (TPSA) is 36.1 Å². The van der Waals surface area contributed by atoms with Gasteiger partial charge in [-0.1, -0.05) is 86.0 Å². The first-order valence-electron chi connectivity index (χ1n) is 10.9. The van der Waals surface area contributed by atoms with Crippen LogP contribution in [0.5, 0.6) is 0 Å². The molecule has 25 heavy (non-hydrogen) atoms. The van der Waals surface area contributed by atoms with Crippen molar-refractivity contribution in [1.82, 2.24) is 16.0 Å². The molecule has 0 aliphatic heterocycles. The van der Waals surface area contributed by atoms with E-state index >= 15 is 0 Å². The molecule has 3 N–H and O–H groups in total. The van der Waals surface area contributed by atoms with Crippen LogP contribution in [0.25, 0.3) is 0 Å². The second-order valence-corrected chi connectivity index (χ2v) is 6.74. The Balaban J connectivity index is -0.000000513. The molecule has 0 saturated carbocycles. The lowest BCUT2D eigenvalue weighted by atomic mass is 10.1. The summed E-state index contributed by atoms with van der Waals surface area (Å²) in [6.07, 6.45) is 16.6. The summed E-state index contributed by atoms with van der Waals surface area (Å²) in [5, 5.41) is 9.92. The maximum atomic E-state index is 3.50. The van der Waals surface area contributed by atoms with Gasteiger partial charge in [-0.3, -0.25) is 0 Å². The molecule has 3 nitrogen and oxygen atoms in total. The summed E-state index contributed by atoms with van der Waals surface area (Å²) in [6, 6.07) is 0. The lowest BCUT2D eigenvalue weighted by Gasteiger charge is -2.04. The molecule has 0 saturated heterocycles. The quantitative estimate of drug-likeness (QED) is 0.273. The van der Waals surface area contributed by atoms with Crippen LogP contribution in [-0.4, -0.2) is 39.8 Å². The first-order valence-corrected chi connectivity index (χ1v) is 10.9. The van der Waals surface area contributed by atoms with Crippen LogP contribution in [0, 0.1) is 0 Å². The van der Waals surface area contributed by atoms with Gasteiger partial charge in [0.2, 0.25) is 0 Å². The number of nitrogens with one attached hydrogen (secondary N) is 3. The van der Waals surface area contributed by atoms with Gasteiger partial charge in [0.05, 0.1) is 0 Å². The Labute approximate surface area is 161 Å². The number of hydrogen-bond acceptors (Lipinski definition) is 3. The summed E-state index contributed by atoms with van der Waals surface area (Å²) in [6.45, 7) is 12.4. The van der Waals surface area contributed by atoms with Gasteiger partial charge in [-0.2, -0.15) is 0 Å². The summed E-state index contributed by atoms with van der Waals surface area (Å²) >= 11 is 0. The van der Waals surface area contributed by atoms with Crippen molar-refractivity contribution < 1.29 is 0 Å². The zero-order valence-corrected chi connectivity index (χ0v) is 17.5. The van der Waals surface area contributed by atoms with Gasteiger partial charge in [-0.25, -0.2) is 0 Å². The second-order valence-electron chi connectivity index (χ2n) is 6.74. The Morgan fingerprint density at radius 3 is 1.48 bits per heavy atom. The molecule has 3 heteroatoms. The fourth-order valence-electron chi connectivity index (χ4n) is 2.55. The van der Waals surface area contributed by atoms with Gasteiger partial charge in [0.1, 0.15) is 0 Å². The highest BCUT2D eigenvalue weighted by atomic mass is 14.9. The maximum absolute atomic E-state index is 3.50. The molecule has 0 spiro atoms. The molecule has 0 radical (unpaired) electrons. The first kappa shape index (κ1) is 29.6. The highest BCUT2D eigenvalue weighted by Crippen LogP contribution is 2.09. The largest absolute Gasteiger partial charge is 0.320 e. The van der Waals surface area contributed by atoms with Crippen LogP contribution < -0.4 is 16.0 Å². The normalized spacial score (nSPS) is 10.1. The molecule has 0 aromatic rings. The minimum absolute atomic E-state index is 0. The number of hydrogen-bond donors (Lipinski definition) is 3. The van der Waals surface area contributed by atoms with Crippen molar-refractivity contribution in [3.8, 4) is 0 Å². The van der Waals surface area contributed by atoms with Crippen LogP contribution in [0.15, 0.2) is 0 Å². The standard InChI is InChI=1S/C15H34N2.C6H15N.CH4/c1-3-4-5-6-7-8-9-10-11-14-17-15-12-13-16-2;1-3-5-6-7-4-2;/h16-17H,3-15H2,1-2H3;7H,3-6H2,1-2H3;1H4. The van der Waals surface area contributed by atoms with E-state index in [1.807, 2.05) is 7.05 Å². The lowest BCUT2D eigenvalue weighted by molar-refractivity contribution is 0.543. The molecule has 0 aromatic carbocycles. The van der Waals surface area contributed by atoms with E-state index in [0.717, 1.165) is 19.6 Å². The van der Waals surface area contributed by atoms with E-state index in [9.17, 15) is 0 Å². The number of rotatable bonds is 18. The average molecular weight is 360 g/mol. The minimum Gasteiger partial charge on any atom is -0.320 e. The third-order valence-electron chi connectivity index (χ3n) is 4.19. The molecule has 0 atom stereocenters. The molecule has 0 bridgehead atoms. The molecule has 0 rings (SSSR count). The van der Waals surface area contributed by atoms with E-state index in [2.05, 4.69) is 36.7 Å². The monoisotopic (exact) mass is 359 g/mol. The van der Waals surface area contributed by atoms with Gasteiger partial charge < -0.3 is 16.0 Å². The summed E-state index contributed by atoms with van der Waals surface area (Å²) < 4.78 is 0. The van der Waals surface area contributed by atoms with Crippen molar-refractivity contribution >= 4 is 0 Å². The highest BCUT2D eigenvalue weighted by Gasteiger charge is 1.92. The molecule has 0 aromatic heterocycles. The van der Waals surface area contributed by atoms with Crippen molar-refractivity contribution in [2.75, 3.05) is 39.8 Å². The Hall–Kier alpha value is -0.120. The van der Waals surface area contributed by atoms with E-state index in [-0.39, 0.29) is 7.43 Å². The van der Waals surface area contributed by atoms with Gasteiger partial charge in [-0.05, 0) is 59.0 Å². The lowest BCUT2D eigenvalue weighted by Crippen LogP contribution is -2.20. The fourth-order valence-corrected chi connectivity index (χ4v) is 2.55. The number of unbranched alkanes of at least 4 members (excludes halogenated alkanes) is 9. The minimum atomic E-state index is 0. The van der Waals surface area contributed by atoms with Crippen LogP contribution >= 0.6 is 0 Å². The smallest absolute Gasteiger partial charge is 0.00368 e. The van der Waals surface area contributed by atoms with E-state index in [4.69, 9.17) is 0 Å². The van der Waals surface area contributed by atoms with Gasteiger partial charge in [0.25, 0.3) is 0 Å². The zero-order valence-electron chi connectivity index (χ0n) is 17.5. The molecular formula is C22H53N3. The van der Waals surface area contributed by atoms with Crippen molar-refractivity contribution in [3.05, 3.63) is 0 Å². The average Bonchev–Trinajstić information content (AvgIpc) is 2.60. The predicted octanol–water partition coefficient (Wildman–Crippen LogP) is 5.75. The Morgan fingerprint density at radius 2 is 0.960 bits per heavy atom. The molecule has 156 valence electrons. The molecular weight excluding hydrogens is 306 g/mol. The van der Waals surface area contributed by atoms with E-state index in [0.29, 0.717) is 0 Å². The van der Waals surface area contributed by atoms with Crippen molar-refractivity contribution in [2.45, 2.75) is 105 Å². The molecule has 0 heterocycles. The third-order valence-corrected chi connectivity index (χ3v) is 4.19.